The van der Waals surface area contributed by atoms with Crippen molar-refractivity contribution in [1.29, 1.82) is 0 Å². The summed E-state index contributed by atoms with van der Waals surface area (Å²) in [5.74, 6) is 0. The third-order valence-electron chi connectivity index (χ3n) is 2.00. The second kappa shape index (κ2) is 4.65. The first-order valence-electron chi connectivity index (χ1n) is 4.59. The molecule has 0 aliphatic carbocycles. The quantitative estimate of drug-likeness (QED) is 0.702. The Morgan fingerprint density at radius 3 is 2.69 bits per heavy atom. The third kappa shape index (κ3) is 2.58. The van der Waals surface area contributed by atoms with Crippen molar-refractivity contribution in [2.75, 3.05) is 12.4 Å². The van der Waals surface area contributed by atoms with Crippen LogP contribution in [-0.2, 0) is 0 Å². The smallest absolute Gasteiger partial charge is 0.0860 e. The molecular weight excluding hydrogens is 160 g/mol. The van der Waals surface area contributed by atoms with Crippen molar-refractivity contribution < 1.29 is 0 Å². The average Bonchev–Trinajstić information content (AvgIpc) is 2.18. The molecular formula is C11H16N2. The fourth-order valence-corrected chi connectivity index (χ4v) is 1.07. The molecule has 0 spiro atoms. The van der Waals surface area contributed by atoms with Gasteiger partial charge in [0.1, 0.15) is 0 Å². The Kier molecular flexibility index (Phi) is 3.50. The van der Waals surface area contributed by atoms with Crippen molar-refractivity contribution in [2.24, 2.45) is 4.99 Å². The van der Waals surface area contributed by atoms with Crippen LogP contribution in [0.25, 0.3) is 0 Å². The predicted molar refractivity (Wildman–Crippen MR) is 59.0 cm³/mol. The summed E-state index contributed by atoms with van der Waals surface area (Å²) in [6, 6.07) is 8.06. The van der Waals surface area contributed by atoms with E-state index in [1.165, 1.54) is 0 Å². The van der Waals surface area contributed by atoms with Crippen LogP contribution >= 0.6 is 0 Å². The number of hydrogen-bond donors (Lipinski definition) is 1. The summed E-state index contributed by atoms with van der Waals surface area (Å²) in [6.07, 6.45) is 0.998. The van der Waals surface area contributed by atoms with E-state index in [1.807, 2.05) is 38.2 Å². The van der Waals surface area contributed by atoms with Crippen molar-refractivity contribution in [1.82, 2.24) is 0 Å². The molecule has 0 aromatic heterocycles. The van der Waals surface area contributed by atoms with E-state index < -0.39 is 0 Å². The number of anilines is 1. The fourth-order valence-electron chi connectivity index (χ4n) is 1.07. The lowest BCUT2D eigenvalue weighted by Gasteiger charge is -2.04. The molecule has 2 nitrogen and oxygen atoms in total. The first-order valence-corrected chi connectivity index (χ1v) is 4.59. The van der Waals surface area contributed by atoms with Crippen molar-refractivity contribution in [2.45, 2.75) is 20.3 Å². The van der Waals surface area contributed by atoms with E-state index >= 15 is 0 Å². The summed E-state index contributed by atoms with van der Waals surface area (Å²) in [4.78, 5) is 4.50. The van der Waals surface area contributed by atoms with Gasteiger partial charge in [0, 0.05) is 12.8 Å². The molecule has 0 unspecified atom stereocenters. The monoisotopic (exact) mass is 176 g/mol. The van der Waals surface area contributed by atoms with Gasteiger partial charge in [-0.15, -0.1) is 0 Å². The minimum atomic E-state index is 0.998. The molecule has 0 aliphatic rings. The lowest BCUT2D eigenvalue weighted by Crippen LogP contribution is -1.90. The topological polar surface area (TPSA) is 24.4 Å². The molecule has 0 fully saturated rings. The van der Waals surface area contributed by atoms with E-state index in [9.17, 15) is 0 Å². The number of rotatable bonds is 3. The number of hydrogen-bond acceptors (Lipinski definition) is 2. The van der Waals surface area contributed by atoms with Crippen LogP contribution < -0.4 is 5.32 Å². The summed E-state index contributed by atoms with van der Waals surface area (Å²) in [6.45, 7) is 4.16. The van der Waals surface area contributed by atoms with Crippen LogP contribution in [0, 0.1) is 0 Å². The maximum atomic E-state index is 4.50. The SMILES string of the molecule is CC/C(C)=N/c1ccccc1NC. The fraction of sp³-hybridized carbons (Fsp3) is 0.364. The summed E-state index contributed by atoms with van der Waals surface area (Å²) >= 11 is 0. The second-order valence-corrected chi connectivity index (χ2v) is 2.97. The van der Waals surface area contributed by atoms with Crippen LogP contribution in [0.1, 0.15) is 20.3 Å². The normalized spacial score (nSPS) is 11.5. The lowest BCUT2D eigenvalue weighted by atomic mass is 10.2. The van der Waals surface area contributed by atoms with Gasteiger partial charge in [-0.05, 0) is 25.5 Å². The molecule has 1 aromatic rings. The van der Waals surface area contributed by atoms with Gasteiger partial charge in [0.15, 0.2) is 0 Å². The highest BCUT2D eigenvalue weighted by Crippen LogP contribution is 2.23. The lowest BCUT2D eigenvalue weighted by molar-refractivity contribution is 1.25. The van der Waals surface area contributed by atoms with Gasteiger partial charge in [0.2, 0.25) is 0 Å². The van der Waals surface area contributed by atoms with Crippen LogP contribution in [0.2, 0.25) is 0 Å². The van der Waals surface area contributed by atoms with Crippen LogP contribution in [0.4, 0.5) is 11.4 Å². The number of aliphatic imine (C=N–C) groups is 1. The standard InChI is InChI=1S/C11H16N2/c1-4-9(2)13-11-8-6-5-7-10(11)12-3/h5-8,12H,4H2,1-3H3/b13-9+. The van der Waals surface area contributed by atoms with E-state index in [4.69, 9.17) is 0 Å². The zero-order valence-corrected chi connectivity index (χ0v) is 8.46. The first kappa shape index (κ1) is 9.78. The van der Waals surface area contributed by atoms with Gasteiger partial charge in [-0.2, -0.15) is 0 Å². The maximum absolute atomic E-state index is 4.50. The molecule has 0 atom stereocenters. The highest BCUT2D eigenvalue weighted by atomic mass is 14.9. The molecule has 13 heavy (non-hydrogen) atoms. The Morgan fingerprint density at radius 2 is 2.08 bits per heavy atom. The van der Waals surface area contributed by atoms with Crippen LogP contribution in [0.3, 0.4) is 0 Å². The average molecular weight is 176 g/mol. The maximum Gasteiger partial charge on any atom is 0.0860 e. The molecule has 2 heteroatoms. The van der Waals surface area contributed by atoms with E-state index in [2.05, 4.69) is 17.2 Å². The summed E-state index contributed by atoms with van der Waals surface area (Å²) in [5.41, 5.74) is 3.25. The number of nitrogens with one attached hydrogen (secondary N) is 1. The summed E-state index contributed by atoms with van der Waals surface area (Å²) in [7, 11) is 1.91. The molecule has 1 N–H and O–H groups in total. The molecule has 0 heterocycles. The van der Waals surface area contributed by atoms with E-state index in [0.29, 0.717) is 0 Å². The van der Waals surface area contributed by atoms with Gasteiger partial charge in [0.05, 0.1) is 11.4 Å². The molecule has 0 aliphatic heterocycles. The van der Waals surface area contributed by atoms with Gasteiger partial charge in [-0.25, -0.2) is 0 Å². The highest BCUT2D eigenvalue weighted by molar-refractivity contribution is 5.86. The minimum absolute atomic E-state index is 0.998. The Hall–Kier alpha value is -1.31. The molecule has 1 aromatic carbocycles. The molecule has 0 saturated heterocycles. The van der Waals surface area contributed by atoms with Crippen molar-refractivity contribution in [3.05, 3.63) is 24.3 Å². The predicted octanol–water partition coefficient (Wildman–Crippen LogP) is 3.23. The van der Waals surface area contributed by atoms with Gasteiger partial charge < -0.3 is 5.32 Å². The summed E-state index contributed by atoms with van der Waals surface area (Å²) in [5, 5.41) is 3.12. The first-order chi connectivity index (χ1) is 6.27. The highest BCUT2D eigenvalue weighted by Gasteiger charge is 1.96. The molecule has 70 valence electrons. The van der Waals surface area contributed by atoms with Gasteiger partial charge in [-0.1, -0.05) is 19.1 Å². The zero-order chi connectivity index (χ0) is 9.68. The molecule has 0 radical (unpaired) electrons. The number of nitrogens with zero attached hydrogens (tertiary/aromatic N) is 1. The molecule has 0 bridgehead atoms. The van der Waals surface area contributed by atoms with E-state index in [1.54, 1.807) is 0 Å². The Morgan fingerprint density at radius 1 is 1.38 bits per heavy atom. The van der Waals surface area contributed by atoms with Crippen LogP contribution in [0.5, 0.6) is 0 Å². The third-order valence-corrected chi connectivity index (χ3v) is 2.00. The molecule has 1 rings (SSSR count). The zero-order valence-electron chi connectivity index (χ0n) is 8.46. The number of benzene rings is 1. The molecule has 0 saturated carbocycles. The Bertz CT molecular complexity index is 303. The second-order valence-electron chi connectivity index (χ2n) is 2.97. The molecule has 0 amide bonds. The van der Waals surface area contributed by atoms with Crippen molar-refractivity contribution in [3.63, 3.8) is 0 Å². The largest absolute Gasteiger partial charge is 0.386 e. The van der Waals surface area contributed by atoms with Crippen LogP contribution in [0.15, 0.2) is 29.3 Å². The Balaban J connectivity index is 2.99. The van der Waals surface area contributed by atoms with Gasteiger partial charge in [0.25, 0.3) is 0 Å². The van der Waals surface area contributed by atoms with Crippen molar-refractivity contribution in [3.8, 4) is 0 Å². The van der Waals surface area contributed by atoms with Gasteiger partial charge >= 0.3 is 0 Å². The minimum Gasteiger partial charge on any atom is -0.386 e. The van der Waals surface area contributed by atoms with Gasteiger partial charge in [-0.3, -0.25) is 4.99 Å². The number of para-hydroxylation sites is 2. The van der Waals surface area contributed by atoms with E-state index in [0.717, 1.165) is 23.5 Å². The summed E-state index contributed by atoms with van der Waals surface area (Å²) < 4.78 is 0. The van der Waals surface area contributed by atoms with E-state index in [-0.39, 0.29) is 0 Å². The van der Waals surface area contributed by atoms with Crippen LogP contribution in [-0.4, -0.2) is 12.8 Å². The van der Waals surface area contributed by atoms with Crippen molar-refractivity contribution >= 4 is 17.1 Å². The Labute approximate surface area is 79.7 Å².